The van der Waals surface area contributed by atoms with Crippen LogP contribution >= 0.6 is 11.8 Å². The van der Waals surface area contributed by atoms with E-state index in [4.69, 9.17) is 0 Å². The second-order valence-corrected chi connectivity index (χ2v) is 6.41. The standard InChI is InChI=1S/C18H18N4OS/c1-13-3-2-4-15(9-13)10-19-17(23)16-7-5-14(6-8-16)11-24-18-20-12-21-22-18/h2-9,12H,10-11H2,1H3,(H,19,23)(H,20,21,22). The van der Waals surface area contributed by atoms with Crippen molar-refractivity contribution in [3.8, 4) is 0 Å². The van der Waals surface area contributed by atoms with Crippen molar-refractivity contribution in [2.75, 3.05) is 0 Å². The van der Waals surface area contributed by atoms with Crippen molar-refractivity contribution >= 4 is 17.7 Å². The first-order valence-electron chi connectivity index (χ1n) is 7.61. The Morgan fingerprint density at radius 1 is 1.17 bits per heavy atom. The smallest absolute Gasteiger partial charge is 0.251 e. The van der Waals surface area contributed by atoms with Crippen LogP contribution in [0.3, 0.4) is 0 Å². The van der Waals surface area contributed by atoms with Crippen LogP contribution in [-0.2, 0) is 12.3 Å². The van der Waals surface area contributed by atoms with E-state index in [1.165, 1.54) is 11.9 Å². The number of amides is 1. The van der Waals surface area contributed by atoms with Gasteiger partial charge in [-0.05, 0) is 30.2 Å². The predicted molar refractivity (Wildman–Crippen MR) is 94.7 cm³/mol. The summed E-state index contributed by atoms with van der Waals surface area (Å²) < 4.78 is 0. The van der Waals surface area contributed by atoms with Gasteiger partial charge in [0, 0.05) is 17.9 Å². The topological polar surface area (TPSA) is 70.7 Å². The van der Waals surface area contributed by atoms with Crippen molar-refractivity contribution in [2.24, 2.45) is 0 Å². The molecule has 0 aliphatic rings. The lowest BCUT2D eigenvalue weighted by Crippen LogP contribution is -2.22. The highest BCUT2D eigenvalue weighted by atomic mass is 32.2. The maximum atomic E-state index is 12.2. The van der Waals surface area contributed by atoms with Crippen molar-refractivity contribution < 1.29 is 4.79 Å². The fraction of sp³-hybridized carbons (Fsp3) is 0.167. The monoisotopic (exact) mass is 338 g/mol. The number of H-pyrrole nitrogens is 1. The summed E-state index contributed by atoms with van der Waals surface area (Å²) >= 11 is 1.57. The Morgan fingerprint density at radius 3 is 2.71 bits per heavy atom. The number of nitrogens with zero attached hydrogens (tertiary/aromatic N) is 2. The van der Waals surface area contributed by atoms with Crippen LogP contribution in [0.4, 0.5) is 0 Å². The molecule has 0 bridgehead atoms. The lowest BCUT2D eigenvalue weighted by Gasteiger charge is -2.07. The van der Waals surface area contributed by atoms with Gasteiger partial charge in [0.1, 0.15) is 6.33 Å². The van der Waals surface area contributed by atoms with Gasteiger partial charge in [0.05, 0.1) is 0 Å². The second kappa shape index (κ2) is 7.79. The Hall–Kier alpha value is -2.60. The lowest BCUT2D eigenvalue weighted by molar-refractivity contribution is 0.0951. The van der Waals surface area contributed by atoms with Crippen molar-refractivity contribution in [3.63, 3.8) is 0 Å². The Labute approximate surface area is 144 Å². The minimum Gasteiger partial charge on any atom is -0.348 e. The maximum absolute atomic E-state index is 12.2. The van der Waals surface area contributed by atoms with Crippen LogP contribution in [0.15, 0.2) is 60.0 Å². The number of carbonyl (C=O) groups is 1. The first-order chi connectivity index (χ1) is 11.7. The minimum atomic E-state index is -0.0639. The summed E-state index contributed by atoms with van der Waals surface area (Å²) in [6.07, 6.45) is 1.49. The number of aromatic amines is 1. The van der Waals surface area contributed by atoms with E-state index in [9.17, 15) is 4.79 Å². The van der Waals surface area contributed by atoms with E-state index in [1.54, 1.807) is 11.8 Å². The Bertz CT molecular complexity index is 800. The summed E-state index contributed by atoms with van der Waals surface area (Å²) in [4.78, 5) is 16.3. The highest BCUT2D eigenvalue weighted by Gasteiger charge is 2.06. The number of benzene rings is 2. The van der Waals surface area contributed by atoms with Gasteiger partial charge in [-0.3, -0.25) is 9.89 Å². The van der Waals surface area contributed by atoms with Crippen molar-refractivity contribution in [1.29, 1.82) is 0 Å². The molecule has 5 nitrogen and oxygen atoms in total. The average molecular weight is 338 g/mol. The van der Waals surface area contributed by atoms with Crippen LogP contribution in [0.2, 0.25) is 0 Å². The molecule has 0 aliphatic heterocycles. The molecule has 0 fully saturated rings. The third-order valence-corrected chi connectivity index (χ3v) is 4.47. The van der Waals surface area contributed by atoms with E-state index >= 15 is 0 Å². The van der Waals surface area contributed by atoms with E-state index in [0.29, 0.717) is 12.1 Å². The molecule has 1 aromatic heterocycles. The van der Waals surface area contributed by atoms with Gasteiger partial charge in [-0.1, -0.05) is 53.7 Å². The van der Waals surface area contributed by atoms with Crippen LogP contribution < -0.4 is 5.32 Å². The Kier molecular flexibility index (Phi) is 5.28. The molecular weight excluding hydrogens is 320 g/mol. The molecule has 0 atom stereocenters. The predicted octanol–water partition coefficient (Wildman–Crippen LogP) is 3.34. The fourth-order valence-electron chi connectivity index (χ4n) is 2.27. The average Bonchev–Trinajstić information content (AvgIpc) is 3.12. The minimum absolute atomic E-state index is 0.0639. The van der Waals surface area contributed by atoms with Crippen LogP contribution in [0.1, 0.15) is 27.0 Å². The zero-order chi connectivity index (χ0) is 16.8. The number of rotatable bonds is 6. The van der Waals surface area contributed by atoms with Gasteiger partial charge in [0.2, 0.25) is 0 Å². The molecule has 3 rings (SSSR count). The van der Waals surface area contributed by atoms with E-state index in [2.05, 4.69) is 26.6 Å². The van der Waals surface area contributed by atoms with Gasteiger partial charge in [-0.25, -0.2) is 4.98 Å². The highest BCUT2D eigenvalue weighted by molar-refractivity contribution is 7.98. The van der Waals surface area contributed by atoms with Gasteiger partial charge in [-0.15, -0.1) is 0 Å². The Morgan fingerprint density at radius 2 is 2.00 bits per heavy atom. The number of hydrogen-bond acceptors (Lipinski definition) is 4. The van der Waals surface area contributed by atoms with Crippen molar-refractivity contribution in [2.45, 2.75) is 24.4 Å². The molecule has 2 N–H and O–H groups in total. The molecule has 1 heterocycles. The van der Waals surface area contributed by atoms with E-state index < -0.39 is 0 Å². The van der Waals surface area contributed by atoms with Gasteiger partial charge in [-0.2, -0.15) is 5.10 Å². The van der Waals surface area contributed by atoms with Gasteiger partial charge < -0.3 is 5.32 Å². The summed E-state index contributed by atoms with van der Waals surface area (Å²) in [6, 6.07) is 15.7. The summed E-state index contributed by atoms with van der Waals surface area (Å²) in [5.74, 6) is 0.714. The summed E-state index contributed by atoms with van der Waals surface area (Å²) in [5.41, 5.74) is 4.08. The molecule has 0 saturated heterocycles. The van der Waals surface area contributed by atoms with Gasteiger partial charge in [0.15, 0.2) is 5.16 Å². The van der Waals surface area contributed by atoms with Crippen molar-refractivity contribution in [1.82, 2.24) is 20.5 Å². The van der Waals surface area contributed by atoms with Crippen LogP contribution in [-0.4, -0.2) is 21.1 Å². The molecule has 24 heavy (non-hydrogen) atoms. The molecule has 6 heteroatoms. The fourth-order valence-corrected chi connectivity index (χ4v) is 3.01. The zero-order valence-corrected chi connectivity index (χ0v) is 14.1. The number of aromatic nitrogens is 3. The number of hydrogen-bond donors (Lipinski definition) is 2. The number of thioether (sulfide) groups is 1. The molecule has 1 amide bonds. The first-order valence-corrected chi connectivity index (χ1v) is 8.60. The van der Waals surface area contributed by atoms with Gasteiger partial charge >= 0.3 is 0 Å². The third-order valence-electron chi connectivity index (χ3n) is 3.52. The third kappa shape index (κ3) is 4.45. The van der Waals surface area contributed by atoms with Crippen molar-refractivity contribution in [3.05, 3.63) is 77.1 Å². The summed E-state index contributed by atoms with van der Waals surface area (Å²) in [7, 11) is 0. The van der Waals surface area contributed by atoms with Crippen LogP contribution in [0.5, 0.6) is 0 Å². The molecule has 3 aromatic rings. The second-order valence-electron chi connectivity index (χ2n) is 5.45. The lowest BCUT2D eigenvalue weighted by atomic mass is 10.1. The zero-order valence-electron chi connectivity index (χ0n) is 13.3. The maximum Gasteiger partial charge on any atom is 0.251 e. The number of aryl methyl sites for hydroxylation is 1. The highest BCUT2D eigenvalue weighted by Crippen LogP contribution is 2.18. The van der Waals surface area contributed by atoms with E-state index in [0.717, 1.165) is 22.0 Å². The molecule has 0 unspecified atom stereocenters. The largest absolute Gasteiger partial charge is 0.348 e. The van der Waals surface area contributed by atoms with Gasteiger partial charge in [0.25, 0.3) is 5.91 Å². The molecule has 0 aliphatic carbocycles. The van der Waals surface area contributed by atoms with E-state index in [1.807, 2.05) is 49.4 Å². The first kappa shape index (κ1) is 16.3. The van der Waals surface area contributed by atoms with E-state index in [-0.39, 0.29) is 5.91 Å². The quantitative estimate of drug-likeness (QED) is 0.676. The number of nitrogens with one attached hydrogen (secondary N) is 2. The SMILES string of the molecule is Cc1cccc(CNC(=O)c2ccc(CSc3ncn[nH]3)cc2)c1. The summed E-state index contributed by atoms with van der Waals surface area (Å²) in [6.45, 7) is 2.57. The molecule has 0 spiro atoms. The van der Waals surface area contributed by atoms with Crippen LogP contribution in [0.25, 0.3) is 0 Å². The number of carbonyl (C=O) groups excluding carboxylic acids is 1. The van der Waals surface area contributed by atoms with Crippen LogP contribution in [0, 0.1) is 6.92 Å². The molecular formula is C18H18N4OS. The molecule has 2 aromatic carbocycles. The summed E-state index contributed by atoms with van der Waals surface area (Å²) in [5, 5.41) is 10.4. The molecule has 0 saturated carbocycles. The normalized spacial score (nSPS) is 10.5. The molecule has 122 valence electrons. The molecule has 0 radical (unpaired) electrons. The Balaban J connectivity index is 1.53.